The van der Waals surface area contributed by atoms with Gasteiger partial charge in [-0.25, -0.2) is 0 Å². The van der Waals surface area contributed by atoms with Gasteiger partial charge >= 0.3 is 0 Å². The molecule has 464 valence electrons. The lowest BCUT2D eigenvalue weighted by Gasteiger charge is -2.34. The number of aromatic hydroxyl groups is 1. The summed E-state index contributed by atoms with van der Waals surface area (Å²) in [6.07, 6.45) is 0. The highest BCUT2D eigenvalue weighted by molar-refractivity contribution is 7.87. The number of hydrazine groups is 1. The second-order valence-corrected chi connectivity index (χ2v) is 26.2. The number of ether oxygens (including phenoxy) is 1. The molecule has 41 heteroatoms. The Hall–Kier alpha value is -8.58. The predicted molar refractivity (Wildman–Crippen MR) is 317 cm³/mol. The molecule has 3 heterocycles. The van der Waals surface area contributed by atoms with Crippen LogP contribution in [0.4, 0.5) is 63.6 Å². The largest absolute Gasteiger partial charge is 0.505 e. The van der Waals surface area contributed by atoms with Gasteiger partial charge in [-0.15, -0.1) is 10.2 Å². The summed E-state index contributed by atoms with van der Waals surface area (Å²) >= 11 is 12.7. The number of nitrogens with one attached hydrogen (secondary N) is 6. The molecule has 88 heavy (non-hydrogen) atoms. The van der Waals surface area contributed by atoms with Crippen molar-refractivity contribution in [2.75, 3.05) is 83.4 Å². The summed E-state index contributed by atoms with van der Waals surface area (Å²) in [5.41, 5.74) is 4.34. The van der Waals surface area contributed by atoms with Gasteiger partial charge in [-0.1, -0.05) is 12.1 Å². The number of methoxy groups -OCH3 is 1. The number of hydrogen-bond donors (Lipinski definition) is 12. The first-order valence-electron chi connectivity index (χ1n) is 24.6. The fourth-order valence-electron chi connectivity index (χ4n) is 8.77. The first-order chi connectivity index (χ1) is 41.2. The van der Waals surface area contributed by atoms with Gasteiger partial charge in [0.05, 0.1) is 34.8 Å². The number of azo groups is 1. The van der Waals surface area contributed by atoms with Crippen molar-refractivity contribution < 1.29 is 79.5 Å². The number of benzene rings is 6. The quantitative estimate of drug-likeness (QED) is 0.0218. The summed E-state index contributed by atoms with van der Waals surface area (Å²) in [7, 11) is -23.7. The van der Waals surface area contributed by atoms with E-state index in [0.717, 1.165) is 18.2 Å². The molecule has 34 nitrogen and oxygen atoms in total. The first-order valence-corrected chi connectivity index (χ1v) is 32.6. The van der Waals surface area contributed by atoms with Crippen LogP contribution in [0.1, 0.15) is 6.92 Å². The molecular weight excluding hydrogens is 1310 g/mol. The molecule has 0 radical (unpaired) electrons. The summed E-state index contributed by atoms with van der Waals surface area (Å²) < 4.78 is 177. The standard InChI is InChI=1S/C47H44Cl2N16O18S5/c1-23(66)51-31-21-33(35(83-2)22-32(31)61-60-26-18-30-29(38(19-26)87(77,78)79)4-3-5-36(30)85(71,72)73)53-46-56-43(49)57-47(59-46)65-14-12-64(13-15-65)11-10-50-44-54-42(48)55-45(58-44)52-25-6-8-28-24(16-25)17-39(88(80,81)82)40(41(28)67)63-62-34-20-27(84(68,69)70)7-9-37(34)86(74,75)76/h3-9,16-22,60-61,67H,10-15H2,1-2H3,(H,51,66)(H,68,69,70)(H,71,72,73)(H,74,75,76)(H,77,78,79)(H,80,81,82)(H,53,56,57,59)(H2,50,52,54,55,58)/b63-62+. The normalized spacial score (nSPS) is 13.6. The zero-order valence-electron chi connectivity index (χ0n) is 44.7. The Bertz CT molecular complexity index is 4780. The van der Waals surface area contributed by atoms with E-state index >= 15 is 0 Å². The van der Waals surface area contributed by atoms with Crippen LogP contribution in [0, 0.1) is 0 Å². The molecule has 9 rings (SSSR count). The maximum absolute atomic E-state index is 12.6. The lowest BCUT2D eigenvalue weighted by Crippen LogP contribution is -2.48. The van der Waals surface area contributed by atoms with Gasteiger partial charge in [0, 0.05) is 74.1 Å². The Morgan fingerprint density at radius 1 is 0.591 bits per heavy atom. The highest BCUT2D eigenvalue weighted by Crippen LogP contribution is 2.43. The Morgan fingerprint density at radius 3 is 1.90 bits per heavy atom. The lowest BCUT2D eigenvalue weighted by molar-refractivity contribution is -0.114. The SMILES string of the molecule is COc1cc(NNc2cc(S(=O)(=O)O)c3cccc(S(=O)(=O)O)c3c2)c(NC(C)=O)cc1Nc1nc(Cl)nc(N2CCN(CCNc3nc(Cl)nc(Nc4ccc5c(O)c(/N=N/c6cc(S(=O)(=O)O)ccc6S(=O)(=O)O)c(S(=O)(=O)O)cc5c4)n3)CC2)n1. The van der Waals surface area contributed by atoms with Crippen molar-refractivity contribution in [3.63, 3.8) is 0 Å². The number of nitrogens with zero attached hydrogens (tertiary/aromatic N) is 10. The third-order valence-electron chi connectivity index (χ3n) is 12.6. The third-order valence-corrected chi connectivity index (χ3v) is 17.4. The number of carbonyl (C=O) groups excluding carboxylic acids is 1. The fourth-order valence-corrected chi connectivity index (χ4v) is 12.3. The number of anilines is 9. The molecule has 0 unspecified atom stereocenters. The molecule has 0 aliphatic carbocycles. The molecule has 2 aromatic heterocycles. The fraction of sp³-hybridized carbons (Fsp3) is 0.170. The number of aromatic nitrogens is 6. The van der Waals surface area contributed by atoms with Gasteiger partial charge < -0.3 is 41.4 Å². The minimum absolute atomic E-state index is 0.0172. The summed E-state index contributed by atoms with van der Waals surface area (Å²) in [4.78, 5) is 37.9. The maximum Gasteiger partial charge on any atom is 0.296 e. The lowest BCUT2D eigenvalue weighted by atomic mass is 10.1. The van der Waals surface area contributed by atoms with Crippen molar-refractivity contribution in [1.29, 1.82) is 0 Å². The Balaban J connectivity index is 0.841. The zero-order valence-corrected chi connectivity index (χ0v) is 50.3. The topological polar surface area (TPSA) is 499 Å². The number of rotatable bonds is 21. The predicted octanol–water partition coefficient (Wildman–Crippen LogP) is 6.15. The zero-order chi connectivity index (χ0) is 63.8. The van der Waals surface area contributed by atoms with E-state index in [9.17, 15) is 74.8 Å². The number of piperazine rings is 1. The van der Waals surface area contributed by atoms with Gasteiger partial charge in [0.1, 0.15) is 36.7 Å². The van der Waals surface area contributed by atoms with Crippen molar-refractivity contribution in [2.45, 2.75) is 31.4 Å². The summed E-state index contributed by atoms with van der Waals surface area (Å²) in [5, 5.41) is 29.1. The van der Waals surface area contributed by atoms with Crippen LogP contribution >= 0.6 is 23.2 Å². The monoisotopic (exact) mass is 1350 g/mol. The number of amides is 1. The van der Waals surface area contributed by atoms with Crippen molar-refractivity contribution >= 4 is 165 Å². The maximum atomic E-state index is 12.6. The van der Waals surface area contributed by atoms with Crippen molar-refractivity contribution in [2.24, 2.45) is 10.2 Å². The molecule has 1 amide bonds. The number of fused-ring (bicyclic) bond motifs is 2. The van der Waals surface area contributed by atoms with Crippen LogP contribution in [0.15, 0.2) is 120 Å². The van der Waals surface area contributed by atoms with Crippen LogP contribution in [0.3, 0.4) is 0 Å². The number of hydrogen-bond acceptors (Lipinski definition) is 28. The second-order valence-electron chi connectivity index (χ2n) is 18.6. The van der Waals surface area contributed by atoms with E-state index in [1.54, 1.807) is 0 Å². The summed E-state index contributed by atoms with van der Waals surface area (Å²) in [6, 6.07) is 15.2. The molecule has 1 fully saturated rings. The van der Waals surface area contributed by atoms with Gasteiger partial charge in [0.25, 0.3) is 50.6 Å². The number of carbonyl (C=O) groups is 1. The molecule has 12 N–H and O–H groups in total. The highest BCUT2D eigenvalue weighted by atomic mass is 35.5. The van der Waals surface area contributed by atoms with E-state index < -0.39 is 98.1 Å². The molecular formula is C47H44Cl2N16O18S5. The van der Waals surface area contributed by atoms with E-state index in [-0.39, 0.29) is 90.1 Å². The van der Waals surface area contributed by atoms with Gasteiger partial charge in [-0.3, -0.25) is 37.9 Å². The van der Waals surface area contributed by atoms with Gasteiger partial charge in [0.15, 0.2) is 5.75 Å². The summed E-state index contributed by atoms with van der Waals surface area (Å²) in [5.74, 6) is -1.07. The van der Waals surface area contributed by atoms with Crippen molar-refractivity contribution in [3.05, 3.63) is 95.5 Å². The molecule has 1 aliphatic rings. The van der Waals surface area contributed by atoms with Crippen molar-refractivity contribution in [3.8, 4) is 11.5 Å². The van der Waals surface area contributed by atoms with E-state index in [1.165, 1.54) is 62.6 Å². The molecule has 6 aromatic carbocycles. The van der Waals surface area contributed by atoms with Crippen LogP contribution in [0.5, 0.6) is 11.5 Å². The van der Waals surface area contributed by atoms with E-state index in [1.807, 2.05) is 4.90 Å². The smallest absolute Gasteiger partial charge is 0.296 e. The van der Waals surface area contributed by atoms with Gasteiger partial charge in [-0.2, -0.15) is 72.0 Å². The molecule has 0 spiro atoms. The third kappa shape index (κ3) is 15.0. The van der Waals surface area contributed by atoms with E-state index in [4.69, 9.17) is 27.9 Å². The Labute approximate surface area is 508 Å². The summed E-state index contributed by atoms with van der Waals surface area (Å²) in [6.45, 7) is 3.94. The average Bonchev–Trinajstić information content (AvgIpc) is 1.25. The molecule has 0 bridgehead atoms. The minimum Gasteiger partial charge on any atom is -0.505 e. The van der Waals surface area contributed by atoms with Gasteiger partial charge in [-0.05, 0) is 95.3 Å². The van der Waals surface area contributed by atoms with Crippen LogP contribution in [-0.4, -0.2) is 157 Å². The molecule has 1 saturated heterocycles. The van der Waals surface area contributed by atoms with Crippen LogP contribution in [0.2, 0.25) is 10.6 Å². The minimum atomic E-state index is -5.23. The number of phenols is 1. The first kappa shape index (κ1) is 63.9. The second kappa shape index (κ2) is 24.9. The van der Waals surface area contributed by atoms with Crippen LogP contribution in [0.25, 0.3) is 21.5 Å². The van der Waals surface area contributed by atoms with Crippen molar-refractivity contribution in [1.82, 2.24) is 34.8 Å². The molecule has 0 atom stereocenters. The van der Waals surface area contributed by atoms with E-state index in [2.05, 4.69) is 77.2 Å². The number of halogens is 2. The van der Waals surface area contributed by atoms with Gasteiger partial charge in [0.2, 0.25) is 40.3 Å². The van der Waals surface area contributed by atoms with E-state index in [0.29, 0.717) is 57.5 Å². The average molecular weight is 1350 g/mol. The Morgan fingerprint density at radius 2 is 1.25 bits per heavy atom. The Kier molecular flexibility index (Phi) is 18.1. The molecule has 1 aliphatic heterocycles. The highest BCUT2D eigenvalue weighted by Gasteiger charge is 2.27. The number of phenolic OH excluding ortho intramolecular Hbond substituents is 1. The van der Waals surface area contributed by atoms with Crippen LogP contribution in [-0.2, 0) is 55.4 Å². The molecule has 8 aromatic rings. The molecule has 0 saturated carbocycles. The van der Waals surface area contributed by atoms with Crippen LogP contribution < -0.4 is 41.8 Å².